The quantitative estimate of drug-likeness (QED) is 0.294. The molecule has 1 aliphatic heterocycles. The summed E-state index contributed by atoms with van der Waals surface area (Å²) in [5, 5.41) is 14.9. The summed E-state index contributed by atoms with van der Waals surface area (Å²) in [6.45, 7) is 1.82. The molecule has 1 fully saturated rings. The van der Waals surface area contributed by atoms with Crippen LogP contribution in [0.5, 0.6) is 11.5 Å². The number of carbonyl (C=O) groups excluding carboxylic acids is 2. The van der Waals surface area contributed by atoms with E-state index in [1.54, 1.807) is 11.9 Å². The fourth-order valence-electron chi connectivity index (χ4n) is 3.76. The van der Waals surface area contributed by atoms with Crippen molar-refractivity contribution in [1.29, 1.82) is 0 Å². The van der Waals surface area contributed by atoms with Gasteiger partial charge in [0.25, 0.3) is 11.1 Å². The van der Waals surface area contributed by atoms with E-state index in [2.05, 4.69) is 10.6 Å². The van der Waals surface area contributed by atoms with Crippen LogP contribution in [0.1, 0.15) is 11.1 Å². The number of nitrogens with one attached hydrogen (secondary N) is 2. The summed E-state index contributed by atoms with van der Waals surface area (Å²) in [7, 11) is 1.80. The van der Waals surface area contributed by atoms with Crippen molar-refractivity contribution in [3.05, 3.63) is 90.0 Å². The maximum Gasteiger partial charge on any atom is 0.288 e. The molecule has 1 aliphatic rings. The summed E-state index contributed by atoms with van der Waals surface area (Å²) in [6, 6.07) is 25.2. The van der Waals surface area contributed by atoms with Crippen LogP contribution >= 0.6 is 11.8 Å². The van der Waals surface area contributed by atoms with Crippen LogP contribution in [0.2, 0.25) is 0 Å². The van der Waals surface area contributed by atoms with Crippen LogP contribution in [0.15, 0.2) is 78.9 Å². The molecule has 0 radical (unpaired) electrons. The minimum Gasteiger partial charge on any atom is -0.491 e. The fraction of sp³-hybridized carbons (Fsp3) is 0.286. The summed E-state index contributed by atoms with van der Waals surface area (Å²) in [5.74, 6) is 1.14. The zero-order chi connectivity index (χ0) is 26.0. The molecule has 4 rings (SSSR count). The maximum absolute atomic E-state index is 11.9. The Kier molecular flexibility index (Phi) is 9.42. The van der Waals surface area contributed by atoms with Crippen molar-refractivity contribution in [3.8, 4) is 11.5 Å². The van der Waals surface area contributed by atoms with E-state index in [1.807, 2.05) is 78.9 Å². The largest absolute Gasteiger partial charge is 0.491 e. The Morgan fingerprint density at radius 3 is 2.27 bits per heavy atom. The van der Waals surface area contributed by atoms with Crippen LogP contribution in [0.4, 0.5) is 10.5 Å². The molecule has 0 spiro atoms. The number of benzene rings is 3. The molecular weight excluding hydrogens is 490 g/mol. The lowest BCUT2D eigenvalue weighted by atomic mass is 10.1. The number of hydrogen-bond acceptors (Lipinski definition) is 8. The summed E-state index contributed by atoms with van der Waals surface area (Å²) in [6.07, 6.45) is 0.155. The van der Waals surface area contributed by atoms with E-state index in [-0.39, 0.29) is 17.8 Å². The summed E-state index contributed by atoms with van der Waals surface area (Å²) in [4.78, 5) is 25.1. The smallest absolute Gasteiger partial charge is 0.288 e. The van der Waals surface area contributed by atoms with Crippen molar-refractivity contribution in [3.63, 3.8) is 0 Å². The number of ether oxygens (including phenoxy) is 2. The molecule has 2 atom stereocenters. The Bertz CT molecular complexity index is 1160. The third-order valence-corrected chi connectivity index (χ3v) is 6.92. The average Bonchev–Trinajstić information content (AvgIpc) is 3.27. The second-order valence-electron chi connectivity index (χ2n) is 8.69. The van der Waals surface area contributed by atoms with Crippen LogP contribution in [-0.2, 0) is 17.8 Å². The predicted octanol–water partition coefficient (Wildman–Crippen LogP) is 3.58. The first-order valence-electron chi connectivity index (χ1n) is 12.1. The number of aliphatic hydroxyl groups excluding tert-OH is 1. The molecule has 194 valence electrons. The number of anilines is 1. The van der Waals surface area contributed by atoms with E-state index in [0.29, 0.717) is 25.4 Å². The van der Waals surface area contributed by atoms with Gasteiger partial charge in [0.05, 0.1) is 0 Å². The molecule has 1 saturated heterocycles. The van der Waals surface area contributed by atoms with Gasteiger partial charge in [-0.1, -0.05) is 42.5 Å². The second kappa shape index (κ2) is 13.1. The molecule has 9 heteroatoms. The van der Waals surface area contributed by atoms with Crippen LogP contribution < -0.4 is 25.0 Å². The van der Waals surface area contributed by atoms with E-state index >= 15 is 0 Å². The molecule has 37 heavy (non-hydrogen) atoms. The third-order valence-electron chi connectivity index (χ3n) is 5.85. The summed E-state index contributed by atoms with van der Waals surface area (Å²) in [5.41, 5.74) is 3.10. The van der Waals surface area contributed by atoms with Crippen molar-refractivity contribution in [2.75, 3.05) is 31.6 Å². The molecule has 1 heterocycles. The monoisotopic (exact) mass is 521 g/mol. The van der Waals surface area contributed by atoms with Gasteiger partial charge in [-0.15, -0.1) is 0 Å². The molecule has 3 N–H and O–H groups in total. The van der Waals surface area contributed by atoms with E-state index in [1.165, 1.54) is 0 Å². The first-order chi connectivity index (χ1) is 18.0. The van der Waals surface area contributed by atoms with E-state index in [4.69, 9.17) is 9.47 Å². The molecule has 0 aliphatic carbocycles. The number of nitrogens with zero attached hydrogens (tertiary/aromatic N) is 1. The lowest BCUT2D eigenvalue weighted by molar-refractivity contribution is -0.118. The molecule has 1 unspecified atom stereocenters. The van der Waals surface area contributed by atoms with Gasteiger partial charge in [-0.25, -0.2) is 0 Å². The molecule has 0 aromatic heterocycles. The van der Waals surface area contributed by atoms with Gasteiger partial charge < -0.3 is 24.8 Å². The number of likely N-dealkylation sites (N-methyl/N-ethyl adjacent to an activating group) is 1. The van der Waals surface area contributed by atoms with Crippen molar-refractivity contribution in [2.24, 2.45) is 0 Å². The minimum absolute atomic E-state index is 0.188. The Balaban J connectivity index is 1.11. The van der Waals surface area contributed by atoms with Gasteiger partial charge in [-0.05, 0) is 72.3 Å². The molecule has 3 aromatic rings. The second-order valence-corrected chi connectivity index (χ2v) is 9.74. The zero-order valence-corrected chi connectivity index (χ0v) is 21.4. The number of imide groups is 1. The van der Waals surface area contributed by atoms with Gasteiger partial charge in [-0.3, -0.25) is 14.9 Å². The van der Waals surface area contributed by atoms with Gasteiger partial charge in [0.2, 0.25) is 0 Å². The number of thioether (sulfide) groups is 1. The van der Waals surface area contributed by atoms with Gasteiger partial charge in [-0.2, -0.15) is 0 Å². The summed E-state index contributed by atoms with van der Waals surface area (Å²) >= 11 is 0.981. The zero-order valence-electron chi connectivity index (χ0n) is 20.6. The predicted molar refractivity (Wildman–Crippen MR) is 145 cm³/mol. The highest BCUT2D eigenvalue weighted by atomic mass is 32.2. The van der Waals surface area contributed by atoms with Gasteiger partial charge in [0.1, 0.15) is 30.8 Å². The summed E-state index contributed by atoms with van der Waals surface area (Å²) < 4.78 is 11.5. The van der Waals surface area contributed by atoms with Crippen LogP contribution in [0, 0.1) is 0 Å². The number of amides is 2. The fourth-order valence-corrected chi connectivity index (χ4v) is 4.57. The van der Waals surface area contributed by atoms with Crippen molar-refractivity contribution in [2.45, 2.75) is 24.5 Å². The lowest BCUT2D eigenvalue weighted by Crippen LogP contribution is -2.36. The van der Waals surface area contributed by atoms with Gasteiger partial charge in [0, 0.05) is 19.3 Å². The SMILES string of the molecule is CN(c1ccc(CCNC[C@H](O)COc2ccc(OCc3ccccc3)cc2)cc1)C1SC(=O)NC1=O. The molecule has 0 bridgehead atoms. The normalized spacial score (nSPS) is 15.8. The number of aliphatic hydroxyl groups is 1. The minimum atomic E-state index is -0.636. The maximum atomic E-state index is 11.9. The lowest BCUT2D eigenvalue weighted by Gasteiger charge is -2.23. The Labute approximate surface area is 221 Å². The molecule has 8 nitrogen and oxygen atoms in total. The Morgan fingerprint density at radius 1 is 0.946 bits per heavy atom. The number of rotatable bonds is 13. The van der Waals surface area contributed by atoms with Crippen molar-refractivity contribution >= 4 is 28.6 Å². The number of hydrogen-bond donors (Lipinski definition) is 3. The highest BCUT2D eigenvalue weighted by Gasteiger charge is 2.34. The van der Waals surface area contributed by atoms with Gasteiger partial charge >= 0.3 is 0 Å². The standard InChI is InChI=1S/C28H31N3O5S/c1-31(27-26(33)30-28(34)37-27)22-9-7-20(8-10-22)15-16-29-17-23(32)19-36-25-13-11-24(12-14-25)35-18-21-5-3-2-4-6-21/h2-14,23,27,29,32H,15-19H2,1H3,(H,30,33,34)/t23-,27?/m0/s1. The highest BCUT2D eigenvalue weighted by Crippen LogP contribution is 2.26. The number of carbonyl (C=O) groups is 2. The van der Waals surface area contributed by atoms with E-state index in [9.17, 15) is 14.7 Å². The van der Waals surface area contributed by atoms with Crippen molar-refractivity contribution < 1.29 is 24.2 Å². The third kappa shape index (κ3) is 7.98. The highest BCUT2D eigenvalue weighted by molar-refractivity contribution is 8.15. The van der Waals surface area contributed by atoms with Gasteiger partial charge in [0.15, 0.2) is 5.37 Å². The molecular formula is C28H31N3O5S. The van der Waals surface area contributed by atoms with Crippen LogP contribution in [-0.4, -0.2) is 54.5 Å². The Morgan fingerprint density at radius 2 is 1.62 bits per heavy atom. The van der Waals surface area contributed by atoms with E-state index in [0.717, 1.165) is 40.7 Å². The topological polar surface area (TPSA) is 100 Å². The van der Waals surface area contributed by atoms with Crippen LogP contribution in [0.25, 0.3) is 0 Å². The first kappa shape index (κ1) is 26.5. The Hall–Kier alpha value is -3.53. The molecule has 0 saturated carbocycles. The van der Waals surface area contributed by atoms with E-state index < -0.39 is 11.5 Å². The average molecular weight is 522 g/mol. The first-order valence-corrected chi connectivity index (χ1v) is 13.0. The molecule has 2 amide bonds. The molecule has 3 aromatic carbocycles. The van der Waals surface area contributed by atoms with Crippen molar-refractivity contribution in [1.82, 2.24) is 10.6 Å². The van der Waals surface area contributed by atoms with Crippen LogP contribution in [0.3, 0.4) is 0 Å².